The van der Waals surface area contributed by atoms with E-state index in [2.05, 4.69) is 26.7 Å². The standard InChI is InChI=1S/C12H14BrN3O4/c13-8-1-2-9(11(17)18)10(7-8)14-12(19)15-16-3-5-20-6-4-16/h1-2,7H,3-6H2,(H,17,18)(H2,14,15,19). The maximum absolute atomic E-state index is 11.9. The van der Waals surface area contributed by atoms with E-state index < -0.39 is 12.0 Å². The summed E-state index contributed by atoms with van der Waals surface area (Å²) in [6.45, 7) is 2.30. The molecular weight excluding hydrogens is 330 g/mol. The third-order valence-corrected chi connectivity index (χ3v) is 3.22. The summed E-state index contributed by atoms with van der Waals surface area (Å²) in [6, 6.07) is 4.10. The molecule has 1 fully saturated rings. The van der Waals surface area contributed by atoms with Gasteiger partial charge >= 0.3 is 12.0 Å². The molecule has 1 aliphatic heterocycles. The number of anilines is 1. The summed E-state index contributed by atoms with van der Waals surface area (Å²) in [5.41, 5.74) is 2.91. The minimum atomic E-state index is -1.10. The number of aromatic carboxylic acids is 1. The summed E-state index contributed by atoms with van der Waals surface area (Å²) < 4.78 is 5.85. The van der Waals surface area contributed by atoms with Crippen LogP contribution in [0.1, 0.15) is 10.4 Å². The fourth-order valence-electron chi connectivity index (χ4n) is 1.78. The van der Waals surface area contributed by atoms with Gasteiger partial charge in [0.05, 0.1) is 24.5 Å². The van der Waals surface area contributed by atoms with Crippen molar-refractivity contribution in [3.8, 4) is 0 Å². The van der Waals surface area contributed by atoms with E-state index in [1.54, 1.807) is 17.1 Å². The summed E-state index contributed by atoms with van der Waals surface area (Å²) in [7, 11) is 0. The Morgan fingerprint density at radius 1 is 1.30 bits per heavy atom. The van der Waals surface area contributed by atoms with Gasteiger partial charge in [0, 0.05) is 17.6 Å². The minimum Gasteiger partial charge on any atom is -0.478 e. The molecule has 20 heavy (non-hydrogen) atoms. The van der Waals surface area contributed by atoms with Crippen molar-refractivity contribution >= 4 is 33.6 Å². The second-order valence-electron chi connectivity index (χ2n) is 4.16. The third kappa shape index (κ3) is 3.92. The SMILES string of the molecule is O=C(Nc1cc(Br)ccc1C(=O)O)NN1CCOCC1. The summed E-state index contributed by atoms with van der Waals surface area (Å²) in [4.78, 5) is 22.9. The summed E-state index contributed by atoms with van der Waals surface area (Å²) in [5, 5.41) is 13.3. The molecule has 1 saturated heterocycles. The number of carbonyl (C=O) groups excluding carboxylic acids is 1. The first-order valence-electron chi connectivity index (χ1n) is 5.99. The van der Waals surface area contributed by atoms with Gasteiger partial charge in [-0.3, -0.25) is 5.43 Å². The largest absolute Gasteiger partial charge is 0.478 e. The predicted molar refractivity (Wildman–Crippen MR) is 75.6 cm³/mol. The maximum Gasteiger partial charge on any atom is 0.337 e. The number of morpholine rings is 1. The summed E-state index contributed by atoms with van der Waals surface area (Å²) >= 11 is 3.24. The highest BCUT2D eigenvalue weighted by molar-refractivity contribution is 9.10. The number of nitrogens with one attached hydrogen (secondary N) is 2. The molecular formula is C12H14BrN3O4. The molecule has 8 heteroatoms. The Morgan fingerprint density at radius 3 is 2.65 bits per heavy atom. The third-order valence-electron chi connectivity index (χ3n) is 2.73. The number of benzene rings is 1. The Balaban J connectivity index is 2.03. The molecule has 3 N–H and O–H groups in total. The second kappa shape index (κ2) is 6.69. The Labute approximate surface area is 124 Å². The predicted octanol–water partition coefficient (Wildman–Crippen LogP) is 1.52. The average Bonchev–Trinajstić information content (AvgIpc) is 2.39. The van der Waals surface area contributed by atoms with Crippen molar-refractivity contribution in [3.63, 3.8) is 0 Å². The van der Waals surface area contributed by atoms with Gasteiger partial charge in [0.2, 0.25) is 0 Å². The molecule has 0 aliphatic carbocycles. The lowest BCUT2D eigenvalue weighted by molar-refractivity contribution is 0.0207. The van der Waals surface area contributed by atoms with E-state index in [0.717, 1.165) is 0 Å². The van der Waals surface area contributed by atoms with Gasteiger partial charge in [-0.15, -0.1) is 0 Å². The van der Waals surface area contributed by atoms with Crippen LogP contribution in [0.25, 0.3) is 0 Å². The highest BCUT2D eigenvalue weighted by Gasteiger charge is 2.16. The van der Waals surface area contributed by atoms with E-state index in [4.69, 9.17) is 9.84 Å². The van der Waals surface area contributed by atoms with E-state index in [1.807, 2.05) is 0 Å². The first-order chi connectivity index (χ1) is 9.56. The zero-order valence-corrected chi connectivity index (χ0v) is 12.1. The Bertz CT molecular complexity index is 517. The van der Waals surface area contributed by atoms with Gasteiger partial charge in [0.15, 0.2) is 0 Å². The smallest absolute Gasteiger partial charge is 0.337 e. The molecule has 0 spiro atoms. The molecule has 0 unspecified atom stereocenters. The molecule has 2 amide bonds. The van der Waals surface area contributed by atoms with Crippen molar-refractivity contribution in [3.05, 3.63) is 28.2 Å². The fraction of sp³-hybridized carbons (Fsp3) is 0.333. The molecule has 108 valence electrons. The van der Waals surface area contributed by atoms with Gasteiger partial charge in [0.25, 0.3) is 0 Å². The van der Waals surface area contributed by atoms with Gasteiger partial charge in [-0.25, -0.2) is 14.6 Å². The molecule has 0 atom stereocenters. The van der Waals surface area contributed by atoms with Crippen LogP contribution < -0.4 is 10.7 Å². The van der Waals surface area contributed by atoms with Crippen LogP contribution in [0, 0.1) is 0 Å². The highest BCUT2D eigenvalue weighted by Crippen LogP contribution is 2.21. The van der Waals surface area contributed by atoms with Crippen LogP contribution in [0.5, 0.6) is 0 Å². The number of ether oxygens (including phenoxy) is 1. The van der Waals surface area contributed by atoms with Crippen LogP contribution in [0.15, 0.2) is 22.7 Å². The molecule has 1 aliphatic rings. The molecule has 0 saturated carbocycles. The summed E-state index contributed by atoms with van der Waals surface area (Å²) in [5.74, 6) is -1.10. The lowest BCUT2D eigenvalue weighted by Gasteiger charge is -2.27. The van der Waals surface area contributed by atoms with Gasteiger partial charge in [0.1, 0.15) is 0 Å². The zero-order chi connectivity index (χ0) is 14.5. The quantitative estimate of drug-likeness (QED) is 0.773. The van der Waals surface area contributed by atoms with Crippen LogP contribution in [0.4, 0.5) is 10.5 Å². The van der Waals surface area contributed by atoms with Crippen molar-refractivity contribution in [2.24, 2.45) is 0 Å². The fourth-order valence-corrected chi connectivity index (χ4v) is 2.14. The van der Waals surface area contributed by atoms with Crippen LogP contribution >= 0.6 is 15.9 Å². The van der Waals surface area contributed by atoms with Crippen molar-refractivity contribution in [2.45, 2.75) is 0 Å². The number of hydrogen-bond donors (Lipinski definition) is 3. The van der Waals surface area contributed by atoms with E-state index >= 15 is 0 Å². The monoisotopic (exact) mass is 343 g/mol. The molecule has 0 aromatic heterocycles. The van der Waals surface area contributed by atoms with Crippen LogP contribution in [-0.2, 0) is 4.74 Å². The van der Waals surface area contributed by atoms with Gasteiger partial charge in [-0.2, -0.15) is 0 Å². The average molecular weight is 344 g/mol. The molecule has 0 radical (unpaired) electrons. The number of urea groups is 1. The first kappa shape index (κ1) is 14.8. The zero-order valence-electron chi connectivity index (χ0n) is 10.6. The number of rotatable bonds is 3. The Morgan fingerprint density at radius 2 is 2.00 bits per heavy atom. The molecule has 1 heterocycles. The van der Waals surface area contributed by atoms with Gasteiger partial charge in [-0.1, -0.05) is 15.9 Å². The summed E-state index contributed by atoms with van der Waals surface area (Å²) in [6.07, 6.45) is 0. The van der Waals surface area contributed by atoms with E-state index in [9.17, 15) is 9.59 Å². The van der Waals surface area contributed by atoms with Crippen LogP contribution in [0.3, 0.4) is 0 Å². The number of hydrogen-bond acceptors (Lipinski definition) is 4. The first-order valence-corrected chi connectivity index (χ1v) is 6.79. The normalized spacial score (nSPS) is 15.7. The van der Waals surface area contributed by atoms with Crippen molar-refractivity contribution in [1.29, 1.82) is 0 Å². The topological polar surface area (TPSA) is 90.9 Å². The van der Waals surface area contributed by atoms with E-state index in [1.165, 1.54) is 6.07 Å². The maximum atomic E-state index is 11.9. The highest BCUT2D eigenvalue weighted by atomic mass is 79.9. The number of halogens is 1. The molecule has 1 aromatic rings. The minimum absolute atomic E-state index is 0.0327. The molecule has 7 nitrogen and oxygen atoms in total. The molecule has 1 aromatic carbocycles. The molecule has 0 bridgehead atoms. The van der Waals surface area contributed by atoms with Gasteiger partial charge < -0.3 is 15.2 Å². The van der Waals surface area contributed by atoms with Crippen LogP contribution in [-0.4, -0.2) is 48.4 Å². The lowest BCUT2D eigenvalue weighted by Crippen LogP contribution is -2.49. The second-order valence-corrected chi connectivity index (χ2v) is 5.08. The number of carboxylic acid groups (broad SMARTS) is 1. The van der Waals surface area contributed by atoms with Crippen molar-refractivity contribution in [1.82, 2.24) is 10.4 Å². The number of hydrazine groups is 1. The van der Waals surface area contributed by atoms with E-state index in [-0.39, 0.29) is 11.3 Å². The van der Waals surface area contributed by atoms with Gasteiger partial charge in [-0.05, 0) is 18.2 Å². The van der Waals surface area contributed by atoms with E-state index in [0.29, 0.717) is 30.8 Å². The number of carbonyl (C=O) groups is 2. The van der Waals surface area contributed by atoms with Crippen molar-refractivity contribution < 1.29 is 19.4 Å². The Hall–Kier alpha value is -1.64. The number of amides is 2. The lowest BCUT2D eigenvalue weighted by atomic mass is 10.2. The Kier molecular flexibility index (Phi) is 4.94. The molecule has 2 rings (SSSR count). The number of nitrogens with zero attached hydrogens (tertiary/aromatic N) is 1. The number of carboxylic acids is 1. The van der Waals surface area contributed by atoms with Crippen molar-refractivity contribution in [2.75, 3.05) is 31.6 Å². The van der Waals surface area contributed by atoms with Crippen LogP contribution in [0.2, 0.25) is 0 Å².